The number of benzene rings is 3. The maximum Gasteiger partial charge on any atom is 0.271 e. The standard InChI is InChI=1S/C29H27N7O2/c37-28(35-33-18-21-4-1-6-26-24(21)13-16-31-26)8-3-15-30-23-11-9-20(10-12-23)29(38)36-34-19-22-5-2-7-27-25(22)14-17-32-27/h1-2,4-7,9-14,16-19,30-32H,3,8,15H2,(H,35,37)(H,36,38)/b33-18+,34-19+. The van der Waals surface area contributed by atoms with Gasteiger partial charge in [0.1, 0.15) is 0 Å². The molecule has 0 aliphatic rings. The van der Waals surface area contributed by atoms with Crippen molar-refractivity contribution in [1.82, 2.24) is 20.8 Å². The van der Waals surface area contributed by atoms with E-state index in [0.717, 1.165) is 38.6 Å². The Labute approximate surface area is 219 Å². The highest BCUT2D eigenvalue weighted by atomic mass is 16.2. The highest BCUT2D eigenvalue weighted by Gasteiger charge is 2.05. The average molecular weight is 506 g/mol. The lowest BCUT2D eigenvalue weighted by molar-refractivity contribution is -0.121. The van der Waals surface area contributed by atoms with Gasteiger partial charge in [0.2, 0.25) is 5.91 Å². The molecule has 190 valence electrons. The van der Waals surface area contributed by atoms with Crippen LogP contribution in [0.5, 0.6) is 0 Å². The topological polar surface area (TPSA) is 127 Å². The summed E-state index contributed by atoms with van der Waals surface area (Å²) in [5, 5.41) is 13.5. The van der Waals surface area contributed by atoms with Gasteiger partial charge in [-0.15, -0.1) is 0 Å². The van der Waals surface area contributed by atoms with Crippen molar-refractivity contribution >= 4 is 51.7 Å². The number of anilines is 1. The molecule has 5 N–H and O–H groups in total. The smallest absolute Gasteiger partial charge is 0.271 e. The molecule has 2 aromatic heterocycles. The van der Waals surface area contributed by atoms with E-state index in [4.69, 9.17) is 0 Å². The summed E-state index contributed by atoms with van der Waals surface area (Å²) in [7, 11) is 0. The van der Waals surface area contributed by atoms with Crippen LogP contribution < -0.4 is 16.2 Å². The van der Waals surface area contributed by atoms with Crippen LogP contribution in [0, 0.1) is 0 Å². The van der Waals surface area contributed by atoms with E-state index >= 15 is 0 Å². The monoisotopic (exact) mass is 505 g/mol. The van der Waals surface area contributed by atoms with E-state index < -0.39 is 0 Å². The molecular formula is C29H27N7O2. The molecular weight excluding hydrogens is 478 g/mol. The largest absolute Gasteiger partial charge is 0.385 e. The third-order valence-corrected chi connectivity index (χ3v) is 6.08. The molecule has 0 spiro atoms. The van der Waals surface area contributed by atoms with Crippen molar-refractivity contribution in [2.75, 3.05) is 11.9 Å². The Morgan fingerprint density at radius 3 is 1.97 bits per heavy atom. The number of carbonyl (C=O) groups is 2. The zero-order chi connectivity index (χ0) is 26.2. The number of nitrogens with zero attached hydrogens (tertiary/aromatic N) is 2. The molecule has 0 fully saturated rings. The zero-order valence-electron chi connectivity index (χ0n) is 20.6. The quantitative estimate of drug-likeness (QED) is 0.107. The zero-order valence-corrected chi connectivity index (χ0v) is 20.6. The third kappa shape index (κ3) is 5.96. The van der Waals surface area contributed by atoms with Crippen molar-refractivity contribution in [3.63, 3.8) is 0 Å². The summed E-state index contributed by atoms with van der Waals surface area (Å²) in [5.74, 6) is -0.441. The number of amides is 2. The number of carbonyl (C=O) groups excluding carboxylic acids is 2. The molecule has 9 nitrogen and oxygen atoms in total. The molecule has 0 atom stereocenters. The maximum absolute atomic E-state index is 12.4. The Morgan fingerprint density at radius 2 is 1.34 bits per heavy atom. The van der Waals surface area contributed by atoms with Crippen molar-refractivity contribution in [3.05, 3.63) is 102 Å². The number of nitrogens with one attached hydrogen (secondary N) is 5. The van der Waals surface area contributed by atoms with Gasteiger partial charge in [0.25, 0.3) is 5.91 Å². The van der Waals surface area contributed by atoms with Crippen molar-refractivity contribution in [3.8, 4) is 0 Å². The number of hydrogen-bond donors (Lipinski definition) is 5. The van der Waals surface area contributed by atoms with Crippen LogP contribution in [0.25, 0.3) is 21.8 Å². The molecule has 2 amide bonds. The molecule has 9 heteroatoms. The minimum atomic E-state index is -0.293. The Bertz CT molecular complexity index is 1610. The van der Waals surface area contributed by atoms with Gasteiger partial charge in [0, 0.05) is 69.5 Å². The molecule has 0 unspecified atom stereocenters. The number of hydrazone groups is 2. The number of aromatic amines is 2. The lowest BCUT2D eigenvalue weighted by atomic mass is 10.1. The Kier molecular flexibility index (Phi) is 7.55. The van der Waals surface area contributed by atoms with Crippen LogP contribution in [-0.4, -0.2) is 40.8 Å². The van der Waals surface area contributed by atoms with E-state index in [9.17, 15) is 9.59 Å². The summed E-state index contributed by atoms with van der Waals surface area (Å²) in [6.07, 6.45) is 8.00. The Balaban J connectivity index is 1.02. The summed E-state index contributed by atoms with van der Waals surface area (Å²) < 4.78 is 0. The second-order valence-electron chi connectivity index (χ2n) is 8.67. The number of hydrogen-bond acceptors (Lipinski definition) is 5. The molecule has 0 saturated heterocycles. The van der Waals surface area contributed by atoms with Crippen molar-refractivity contribution in [2.24, 2.45) is 10.2 Å². The van der Waals surface area contributed by atoms with Crippen LogP contribution in [0.2, 0.25) is 0 Å². The van der Waals surface area contributed by atoms with Gasteiger partial charge in [-0.25, -0.2) is 10.9 Å². The lowest BCUT2D eigenvalue weighted by Gasteiger charge is -2.07. The van der Waals surface area contributed by atoms with E-state index in [2.05, 4.69) is 36.3 Å². The van der Waals surface area contributed by atoms with Gasteiger partial charge in [-0.2, -0.15) is 10.2 Å². The van der Waals surface area contributed by atoms with Gasteiger partial charge in [-0.3, -0.25) is 9.59 Å². The van der Waals surface area contributed by atoms with Gasteiger partial charge in [-0.05, 0) is 55.0 Å². The van der Waals surface area contributed by atoms with Crippen LogP contribution >= 0.6 is 0 Å². The summed E-state index contributed by atoms with van der Waals surface area (Å²) in [4.78, 5) is 30.8. The second kappa shape index (κ2) is 11.7. The minimum absolute atomic E-state index is 0.149. The van der Waals surface area contributed by atoms with Crippen molar-refractivity contribution in [2.45, 2.75) is 12.8 Å². The fourth-order valence-corrected chi connectivity index (χ4v) is 4.12. The molecule has 0 radical (unpaired) electrons. The van der Waals surface area contributed by atoms with E-state index in [0.29, 0.717) is 24.9 Å². The fourth-order valence-electron chi connectivity index (χ4n) is 4.12. The molecule has 3 aromatic carbocycles. The van der Waals surface area contributed by atoms with Crippen molar-refractivity contribution in [1.29, 1.82) is 0 Å². The van der Waals surface area contributed by atoms with Crippen LogP contribution in [-0.2, 0) is 4.79 Å². The Hall–Kier alpha value is -5.18. The molecule has 0 bridgehead atoms. The van der Waals surface area contributed by atoms with Crippen LogP contribution in [0.4, 0.5) is 5.69 Å². The normalized spacial score (nSPS) is 11.5. The number of aromatic nitrogens is 2. The SMILES string of the molecule is O=C(CCCNc1ccc(C(=O)N/N=C/c2cccc3[nH]ccc23)cc1)N/N=C/c1cccc2[nH]ccc12. The first-order valence-corrected chi connectivity index (χ1v) is 12.3. The highest BCUT2D eigenvalue weighted by molar-refractivity contribution is 6.00. The predicted molar refractivity (Wildman–Crippen MR) is 152 cm³/mol. The van der Waals surface area contributed by atoms with Crippen molar-refractivity contribution < 1.29 is 9.59 Å². The van der Waals surface area contributed by atoms with Gasteiger partial charge < -0.3 is 15.3 Å². The van der Waals surface area contributed by atoms with E-state index in [1.54, 1.807) is 24.6 Å². The van der Waals surface area contributed by atoms with E-state index in [1.807, 2.05) is 73.1 Å². The van der Waals surface area contributed by atoms with Crippen LogP contribution in [0.1, 0.15) is 34.3 Å². The number of fused-ring (bicyclic) bond motifs is 2. The minimum Gasteiger partial charge on any atom is -0.385 e. The molecule has 0 saturated carbocycles. The number of H-pyrrole nitrogens is 2. The second-order valence-corrected chi connectivity index (χ2v) is 8.67. The van der Waals surface area contributed by atoms with E-state index in [1.165, 1.54) is 0 Å². The van der Waals surface area contributed by atoms with Gasteiger partial charge >= 0.3 is 0 Å². The predicted octanol–water partition coefficient (Wildman–Crippen LogP) is 4.76. The Morgan fingerprint density at radius 1 is 0.737 bits per heavy atom. The summed E-state index contributed by atoms with van der Waals surface area (Å²) >= 11 is 0. The first-order chi connectivity index (χ1) is 18.7. The first-order valence-electron chi connectivity index (χ1n) is 12.3. The lowest BCUT2D eigenvalue weighted by Crippen LogP contribution is -2.18. The average Bonchev–Trinajstić information content (AvgIpc) is 3.62. The summed E-state index contributed by atoms with van der Waals surface area (Å²) in [5.41, 5.74) is 10.4. The maximum atomic E-state index is 12.4. The van der Waals surface area contributed by atoms with Crippen LogP contribution in [0.3, 0.4) is 0 Å². The number of rotatable bonds is 10. The van der Waals surface area contributed by atoms with Gasteiger partial charge in [0.05, 0.1) is 12.4 Å². The van der Waals surface area contributed by atoms with E-state index in [-0.39, 0.29) is 11.8 Å². The summed E-state index contributed by atoms with van der Waals surface area (Å²) in [6, 6.07) is 22.8. The first kappa shape index (κ1) is 24.5. The van der Waals surface area contributed by atoms with Gasteiger partial charge in [-0.1, -0.05) is 24.3 Å². The molecule has 5 rings (SSSR count). The fraction of sp³-hybridized carbons (Fsp3) is 0.103. The molecule has 38 heavy (non-hydrogen) atoms. The third-order valence-electron chi connectivity index (χ3n) is 6.08. The molecule has 0 aliphatic heterocycles. The van der Waals surface area contributed by atoms with Crippen LogP contribution in [0.15, 0.2) is 95.4 Å². The molecule has 5 aromatic rings. The van der Waals surface area contributed by atoms with Gasteiger partial charge in [0.15, 0.2) is 0 Å². The highest BCUT2D eigenvalue weighted by Crippen LogP contribution is 2.16. The molecule has 0 aliphatic carbocycles. The molecule has 2 heterocycles. The summed E-state index contributed by atoms with van der Waals surface area (Å²) in [6.45, 7) is 0.611.